The van der Waals surface area contributed by atoms with Gasteiger partial charge in [-0.1, -0.05) is 30.7 Å². The molecular weight excluding hydrogens is 276 g/mol. The van der Waals surface area contributed by atoms with Crippen LogP contribution in [0.5, 0.6) is 0 Å². The molecule has 1 aliphatic heterocycles. The van der Waals surface area contributed by atoms with E-state index in [-0.39, 0.29) is 17.9 Å². The molecule has 1 atom stereocenters. The first kappa shape index (κ1) is 14.6. The maximum Gasteiger partial charge on any atom is 0.247 e. The van der Waals surface area contributed by atoms with E-state index in [2.05, 4.69) is 5.32 Å². The van der Waals surface area contributed by atoms with Gasteiger partial charge < -0.3 is 10.2 Å². The predicted molar refractivity (Wildman–Crippen MR) is 79.3 cm³/mol. The summed E-state index contributed by atoms with van der Waals surface area (Å²) in [5.74, 6) is -0.214. The lowest BCUT2D eigenvalue weighted by Crippen LogP contribution is -2.56. The number of carbonyl (C=O) groups is 2. The summed E-state index contributed by atoms with van der Waals surface area (Å²) >= 11 is 5.81. The van der Waals surface area contributed by atoms with E-state index in [0.29, 0.717) is 24.5 Å². The molecule has 1 aliphatic rings. The quantitative estimate of drug-likeness (QED) is 0.867. The van der Waals surface area contributed by atoms with Crippen molar-refractivity contribution in [1.82, 2.24) is 10.2 Å². The van der Waals surface area contributed by atoms with Gasteiger partial charge in [0.1, 0.15) is 6.04 Å². The Morgan fingerprint density at radius 1 is 1.45 bits per heavy atom. The highest BCUT2D eigenvalue weighted by molar-refractivity contribution is 6.30. The van der Waals surface area contributed by atoms with Crippen LogP contribution in [0.15, 0.2) is 30.3 Å². The van der Waals surface area contributed by atoms with Crippen molar-refractivity contribution in [2.45, 2.75) is 19.4 Å². The normalized spacial score (nSPS) is 19.2. The van der Waals surface area contributed by atoms with Gasteiger partial charge in [-0.25, -0.2) is 0 Å². The molecule has 1 aromatic rings. The van der Waals surface area contributed by atoms with Gasteiger partial charge in [0.05, 0.1) is 0 Å². The fourth-order valence-electron chi connectivity index (χ4n) is 2.22. The third-order valence-electron chi connectivity index (χ3n) is 3.29. The summed E-state index contributed by atoms with van der Waals surface area (Å²) in [5, 5.41) is 3.44. The molecule has 1 unspecified atom stereocenters. The van der Waals surface area contributed by atoms with Gasteiger partial charge in [-0.3, -0.25) is 9.59 Å². The lowest BCUT2D eigenvalue weighted by Gasteiger charge is -2.33. The van der Waals surface area contributed by atoms with E-state index in [0.717, 1.165) is 5.56 Å². The number of hydrogen-bond acceptors (Lipinski definition) is 2. The van der Waals surface area contributed by atoms with Gasteiger partial charge >= 0.3 is 0 Å². The summed E-state index contributed by atoms with van der Waals surface area (Å²) in [6, 6.07) is 6.86. The molecule has 0 aromatic heterocycles. The van der Waals surface area contributed by atoms with E-state index < -0.39 is 0 Å². The Balaban J connectivity index is 2.06. The summed E-state index contributed by atoms with van der Waals surface area (Å²) < 4.78 is 0. The molecule has 0 radical (unpaired) electrons. The van der Waals surface area contributed by atoms with E-state index in [1.807, 2.05) is 19.1 Å². The largest absolute Gasteiger partial charge is 0.353 e. The molecule has 1 heterocycles. The molecule has 1 aromatic carbocycles. The lowest BCUT2D eigenvalue weighted by molar-refractivity contribution is -0.140. The number of halogens is 1. The minimum absolute atomic E-state index is 0.0769. The highest BCUT2D eigenvalue weighted by Gasteiger charge is 2.30. The molecule has 0 saturated carbocycles. The fourth-order valence-corrected chi connectivity index (χ4v) is 2.35. The van der Waals surface area contributed by atoms with Gasteiger partial charge in [-0.05, 0) is 30.2 Å². The second-order valence-corrected chi connectivity index (χ2v) is 5.07. The lowest BCUT2D eigenvalue weighted by atomic mass is 10.1. The molecule has 2 amide bonds. The van der Waals surface area contributed by atoms with Crippen LogP contribution in [0.3, 0.4) is 0 Å². The first-order valence-corrected chi connectivity index (χ1v) is 7.01. The highest BCUT2D eigenvalue weighted by Crippen LogP contribution is 2.12. The monoisotopic (exact) mass is 292 g/mol. The average molecular weight is 293 g/mol. The van der Waals surface area contributed by atoms with Crippen molar-refractivity contribution >= 4 is 29.5 Å². The van der Waals surface area contributed by atoms with Crippen LogP contribution in [-0.2, 0) is 9.59 Å². The Bertz CT molecular complexity index is 525. The van der Waals surface area contributed by atoms with Crippen LogP contribution in [0.25, 0.3) is 6.08 Å². The predicted octanol–water partition coefficient (Wildman–Crippen LogP) is 2.09. The third-order valence-corrected chi connectivity index (χ3v) is 3.54. The minimum Gasteiger partial charge on any atom is -0.353 e. The topological polar surface area (TPSA) is 49.4 Å². The van der Waals surface area contributed by atoms with Crippen LogP contribution < -0.4 is 5.32 Å². The zero-order valence-corrected chi connectivity index (χ0v) is 12.1. The number of rotatable bonds is 3. The van der Waals surface area contributed by atoms with Gasteiger partial charge in [0.15, 0.2) is 0 Å². The third kappa shape index (κ3) is 3.39. The SMILES string of the molecule is CCC1C(=O)NCCN1C(=O)C=Cc1ccc(Cl)cc1. The number of nitrogens with one attached hydrogen (secondary N) is 1. The summed E-state index contributed by atoms with van der Waals surface area (Å²) in [7, 11) is 0. The van der Waals surface area contributed by atoms with Crippen LogP contribution in [0.2, 0.25) is 5.02 Å². The van der Waals surface area contributed by atoms with Crippen LogP contribution in [0.1, 0.15) is 18.9 Å². The van der Waals surface area contributed by atoms with E-state index in [1.54, 1.807) is 23.1 Å². The van der Waals surface area contributed by atoms with Crippen LogP contribution in [-0.4, -0.2) is 35.8 Å². The van der Waals surface area contributed by atoms with Crippen LogP contribution in [0, 0.1) is 0 Å². The van der Waals surface area contributed by atoms with Gasteiger partial charge in [0, 0.05) is 24.2 Å². The molecule has 20 heavy (non-hydrogen) atoms. The van der Waals surface area contributed by atoms with Gasteiger partial charge in [0.25, 0.3) is 0 Å². The number of carbonyl (C=O) groups excluding carboxylic acids is 2. The maximum absolute atomic E-state index is 12.2. The molecule has 106 valence electrons. The fraction of sp³-hybridized carbons (Fsp3) is 0.333. The average Bonchev–Trinajstić information content (AvgIpc) is 2.46. The number of amides is 2. The Hall–Kier alpha value is -1.81. The van der Waals surface area contributed by atoms with E-state index in [4.69, 9.17) is 11.6 Å². The number of nitrogens with zero attached hydrogens (tertiary/aromatic N) is 1. The van der Waals surface area contributed by atoms with Crippen LogP contribution >= 0.6 is 11.6 Å². The van der Waals surface area contributed by atoms with Crippen molar-refractivity contribution < 1.29 is 9.59 Å². The van der Waals surface area contributed by atoms with Crippen molar-refractivity contribution in [3.05, 3.63) is 40.9 Å². The van der Waals surface area contributed by atoms with Crippen molar-refractivity contribution in [1.29, 1.82) is 0 Å². The first-order valence-electron chi connectivity index (χ1n) is 6.63. The Labute approximate surface area is 123 Å². The number of hydrogen-bond donors (Lipinski definition) is 1. The first-order chi connectivity index (χ1) is 9.61. The molecule has 1 saturated heterocycles. The molecule has 0 aliphatic carbocycles. The molecule has 4 nitrogen and oxygen atoms in total. The Morgan fingerprint density at radius 3 is 2.80 bits per heavy atom. The van der Waals surface area contributed by atoms with Crippen molar-refractivity contribution in [3.63, 3.8) is 0 Å². The molecular formula is C15H17ClN2O2. The Morgan fingerprint density at radius 2 is 2.15 bits per heavy atom. The van der Waals surface area contributed by atoms with Crippen molar-refractivity contribution in [2.24, 2.45) is 0 Å². The number of piperazine rings is 1. The molecule has 2 rings (SSSR count). The summed E-state index contributed by atoms with van der Waals surface area (Å²) in [6.45, 7) is 2.96. The molecule has 0 spiro atoms. The van der Waals surface area contributed by atoms with Gasteiger partial charge in [-0.2, -0.15) is 0 Å². The van der Waals surface area contributed by atoms with Gasteiger partial charge in [-0.15, -0.1) is 0 Å². The number of benzene rings is 1. The van der Waals surface area contributed by atoms with Crippen molar-refractivity contribution in [3.8, 4) is 0 Å². The minimum atomic E-state index is -0.369. The zero-order valence-electron chi connectivity index (χ0n) is 11.3. The Kier molecular flexibility index (Phi) is 4.79. The van der Waals surface area contributed by atoms with Crippen LogP contribution in [0.4, 0.5) is 0 Å². The molecule has 5 heteroatoms. The summed E-state index contributed by atoms with van der Waals surface area (Å²) in [4.78, 5) is 25.5. The standard InChI is InChI=1S/C15H17ClN2O2/c1-2-13-15(20)17-9-10-18(13)14(19)8-5-11-3-6-12(16)7-4-11/h3-8,13H,2,9-10H2,1H3,(H,17,20). The summed E-state index contributed by atoms with van der Waals surface area (Å²) in [5.41, 5.74) is 0.900. The molecule has 0 bridgehead atoms. The highest BCUT2D eigenvalue weighted by atomic mass is 35.5. The second-order valence-electron chi connectivity index (χ2n) is 4.63. The molecule has 1 N–H and O–H groups in total. The zero-order chi connectivity index (χ0) is 14.5. The smallest absolute Gasteiger partial charge is 0.247 e. The summed E-state index contributed by atoms with van der Waals surface area (Å²) in [6.07, 6.45) is 3.86. The van der Waals surface area contributed by atoms with Gasteiger partial charge in [0.2, 0.25) is 11.8 Å². The molecule has 1 fully saturated rings. The van der Waals surface area contributed by atoms with E-state index >= 15 is 0 Å². The van der Waals surface area contributed by atoms with Crippen molar-refractivity contribution in [2.75, 3.05) is 13.1 Å². The van der Waals surface area contributed by atoms with E-state index in [1.165, 1.54) is 6.08 Å². The van der Waals surface area contributed by atoms with E-state index in [9.17, 15) is 9.59 Å². The maximum atomic E-state index is 12.2. The second kappa shape index (κ2) is 6.57.